The van der Waals surface area contributed by atoms with Gasteiger partial charge in [-0.05, 0) is 69.0 Å². The zero-order chi connectivity index (χ0) is 24.2. The van der Waals surface area contributed by atoms with Crippen LogP contribution in [0.4, 0.5) is 0 Å². The van der Waals surface area contributed by atoms with Gasteiger partial charge in [0.05, 0.1) is 17.1 Å². The number of hydrogen-bond acceptors (Lipinski definition) is 4. The molecule has 0 N–H and O–H groups in total. The van der Waals surface area contributed by atoms with E-state index in [1.165, 1.54) is 4.31 Å². The summed E-state index contributed by atoms with van der Waals surface area (Å²) in [4.78, 5) is 12.3. The van der Waals surface area contributed by atoms with Gasteiger partial charge in [-0.3, -0.25) is 0 Å². The summed E-state index contributed by atoms with van der Waals surface area (Å²) in [5.41, 5.74) is 5.77. The van der Waals surface area contributed by atoms with Gasteiger partial charge in [0.1, 0.15) is 0 Å². The van der Waals surface area contributed by atoms with Gasteiger partial charge in [-0.25, -0.2) is 13.2 Å². The van der Waals surface area contributed by atoms with Crippen LogP contribution in [-0.4, -0.2) is 25.3 Å². The first kappa shape index (κ1) is 24.7. The lowest BCUT2D eigenvalue weighted by molar-refractivity contribution is 0.0526. The molecule has 0 aliphatic carbocycles. The highest BCUT2D eigenvalue weighted by Crippen LogP contribution is 2.28. The summed E-state index contributed by atoms with van der Waals surface area (Å²) in [7, 11) is -3.78. The van der Waals surface area contributed by atoms with E-state index >= 15 is 0 Å². The fourth-order valence-electron chi connectivity index (χ4n) is 3.99. The van der Waals surface area contributed by atoms with Crippen LogP contribution in [0.5, 0.6) is 0 Å². The number of esters is 1. The highest BCUT2D eigenvalue weighted by Gasteiger charge is 2.28. The van der Waals surface area contributed by atoms with Crippen molar-refractivity contribution >= 4 is 16.0 Å². The molecule has 6 heteroatoms. The van der Waals surface area contributed by atoms with Crippen molar-refractivity contribution in [2.75, 3.05) is 6.61 Å². The van der Waals surface area contributed by atoms with Crippen LogP contribution in [0.1, 0.15) is 50.7 Å². The van der Waals surface area contributed by atoms with Crippen molar-refractivity contribution in [2.45, 2.75) is 52.6 Å². The number of carbonyl (C=O) groups is 1. The highest BCUT2D eigenvalue weighted by molar-refractivity contribution is 7.89. The molecular formula is C27H31NO4S. The monoisotopic (exact) mass is 465 g/mol. The lowest BCUT2D eigenvalue weighted by Crippen LogP contribution is -2.31. The number of benzene rings is 3. The van der Waals surface area contributed by atoms with E-state index in [4.69, 9.17) is 4.74 Å². The third kappa shape index (κ3) is 5.89. The predicted molar refractivity (Wildman–Crippen MR) is 131 cm³/mol. The van der Waals surface area contributed by atoms with E-state index < -0.39 is 10.0 Å². The van der Waals surface area contributed by atoms with Gasteiger partial charge in [-0.1, -0.05) is 59.7 Å². The third-order valence-corrected chi connectivity index (χ3v) is 7.60. The molecule has 0 spiro atoms. The molecular weight excluding hydrogens is 434 g/mol. The summed E-state index contributed by atoms with van der Waals surface area (Å²) in [6.45, 7) is 10.1. The summed E-state index contributed by atoms with van der Waals surface area (Å²) < 4.78 is 34.3. The van der Waals surface area contributed by atoms with E-state index in [0.29, 0.717) is 17.1 Å². The summed E-state index contributed by atoms with van der Waals surface area (Å²) in [5, 5.41) is 0. The second kappa shape index (κ2) is 10.3. The van der Waals surface area contributed by atoms with E-state index in [2.05, 4.69) is 0 Å². The number of aryl methyl sites for hydroxylation is 4. The normalized spacial score (nSPS) is 11.6. The number of rotatable bonds is 8. The van der Waals surface area contributed by atoms with Gasteiger partial charge in [0, 0.05) is 13.1 Å². The van der Waals surface area contributed by atoms with Crippen molar-refractivity contribution in [1.82, 2.24) is 4.31 Å². The molecule has 0 saturated heterocycles. The molecule has 0 saturated carbocycles. The number of sulfonamides is 1. The Morgan fingerprint density at radius 1 is 0.788 bits per heavy atom. The van der Waals surface area contributed by atoms with Gasteiger partial charge in [0.2, 0.25) is 10.0 Å². The van der Waals surface area contributed by atoms with E-state index in [0.717, 1.165) is 33.4 Å². The summed E-state index contributed by atoms with van der Waals surface area (Å²) in [6.07, 6.45) is 0. The molecule has 3 aromatic carbocycles. The minimum absolute atomic E-state index is 0.187. The molecule has 174 valence electrons. The second-order valence-electron chi connectivity index (χ2n) is 8.40. The summed E-state index contributed by atoms with van der Waals surface area (Å²) >= 11 is 0. The molecule has 33 heavy (non-hydrogen) atoms. The molecule has 0 aliphatic rings. The zero-order valence-electron chi connectivity index (χ0n) is 19.9. The highest BCUT2D eigenvalue weighted by atomic mass is 32.2. The largest absolute Gasteiger partial charge is 0.462 e. The van der Waals surface area contributed by atoms with Gasteiger partial charge >= 0.3 is 5.97 Å². The Hall–Kier alpha value is -2.96. The molecule has 3 aromatic rings. The van der Waals surface area contributed by atoms with E-state index in [1.807, 2.05) is 64.1 Å². The molecule has 0 amide bonds. The molecule has 0 aliphatic heterocycles. The number of hydrogen-bond donors (Lipinski definition) is 0. The van der Waals surface area contributed by atoms with Crippen molar-refractivity contribution in [2.24, 2.45) is 0 Å². The van der Waals surface area contributed by atoms with E-state index in [1.54, 1.807) is 31.2 Å². The van der Waals surface area contributed by atoms with Crippen LogP contribution in [0.2, 0.25) is 0 Å². The third-order valence-electron chi connectivity index (χ3n) is 5.51. The van der Waals surface area contributed by atoms with Crippen LogP contribution < -0.4 is 0 Å². The molecule has 0 aromatic heterocycles. The lowest BCUT2D eigenvalue weighted by Gasteiger charge is -2.25. The van der Waals surface area contributed by atoms with Crippen LogP contribution in [-0.2, 0) is 27.8 Å². The second-order valence-corrected chi connectivity index (χ2v) is 10.3. The average Bonchev–Trinajstić information content (AvgIpc) is 2.74. The van der Waals surface area contributed by atoms with Crippen LogP contribution >= 0.6 is 0 Å². The maximum atomic E-state index is 13.9. The fraction of sp³-hybridized carbons (Fsp3) is 0.296. The topological polar surface area (TPSA) is 63.7 Å². The Balaban J connectivity index is 1.99. The summed E-state index contributed by atoms with van der Waals surface area (Å²) in [6, 6.07) is 18.6. The molecule has 0 bridgehead atoms. The SMILES string of the molecule is CCOC(=O)c1ccc(CN(Cc2ccc(C)cc2)S(=O)(=O)c2c(C)cc(C)cc2C)cc1. The smallest absolute Gasteiger partial charge is 0.338 e. The van der Waals surface area contributed by atoms with Crippen LogP contribution in [0.3, 0.4) is 0 Å². The number of ether oxygens (including phenoxy) is 1. The maximum absolute atomic E-state index is 13.9. The van der Waals surface area contributed by atoms with E-state index in [-0.39, 0.29) is 19.1 Å². The quantitative estimate of drug-likeness (QED) is 0.413. The van der Waals surface area contributed by atoms with E-state index in [9.17, 15) is 13.2 Å². The zero-order valence-corrected chi connectivity index (χ0v) is 20.7. The molecule has 3 rings (SSSR count). The molecule has 0 radical (unpaired) electrons. The maximum Gasteiger partial charge on any atom is 0.338 e. The molecule has 0 atom stereocenters. The first-order chi connectivity index (χ1) is 15.6. The number of nitrogens with zero attached hydrogens (tertiary/aromatic N) is 1. The standard InChI is InChI=1S/C27H31NO4S/c1-6-32-27(29)25-13-11-24(12-14-25)18-28(17-23-9-7-19(2)8-10-23)33(30,31)26-21(4)15-20(3)16-22(26)5/h7-16H,6,17-18H2,1-5H3. The van der Waals surface area contributed by atoms with Gasteiger partial charge in [0.15, 0.2) is 0 Å². The molecule has 0 unspecified atom stereocenters. The Morgan fingerprint density at radius 3 is 1.76 bits per heavy atom. The summed E-state index contributed by atoms with van der Waals surface area (Å²) in [5.74, 6) is -0.390. The van der Waals surface area contributed by atoms with Crippen molar-refractivity contribution in [3.8, 4) is 0 Å². The average molecular weight is 466 g/mol. The van der Waals surface area contributed by atoms with Gasteiger partial charge in [-0.2, -0.15) is 4.31 Å². The van der Waals surface area contributed by atoms with Gasteiger partial charge < -0.3 is 4.74 Å². The lowest BCUT2D eigenvalue weighted by atomic mass is 10.1. The Kier molecular flexibility index (Phi) is 7.72. The predicted octanol–water partition coefficient (Wildman–Crippen LogP) is 5.49. The van der Waals surface area contributed by atoms with Crippen molar-refractivity contribution < 1.29 is 17.9 Å². The number of carbonyl (C=O) groups excluding carboxylic acids is 1. The first-order valence-corrected chi connectivity index (χ1v) is 12.5. The van der Waals surface area contributed by atoms with Gasteiger partial charge in [0.25, 0.3) is 0 Å². The van der Waals surface area contributed by atoms with Gasteiger partial charge in [-0.15, -0.1) is 0 Å². The van der Waals surface area contributed by atoms with Crippen molar-refractivity contribution in [3.63, 3.8) is 0 Å². The Morgan fingerprint density at radius 2 is 1.27 bits per heavy atom. The van der Waals surface area contributed by atoms with Crippen LogP contribution in [0.15, 0.2) is 65.6 Å². The molecule has 0 fully saturated rings. The molecule has 5 nitrogen and oxygen atoms in total. The Labute approximate surface area is 197 Å². The fourth-order valence-corrected chi connectivity index (χ4v) is 5.82. The Bertz CT molecular complexity index is 1210. The molecule has 0 heterocycles. The van der Waals surface area contributed by atoms with Crippen LogP contribution in [0.25, 0.3) is 0 Å². The van der Waals surface area contributed by atoms with Crippen molar-refractivity contribution in [3.05, 3.63) is 99.6 Å². The minimum Gasteiger partial charge on any atom is -0.462 e. The minimum atomic E-state index is -3.78. The first-order valence-electron chi connectivity index (χ1n) is 11.0. The van der Waals surface area contributed by atoms with Crippen LogP contribution in [0, 0.1) is 27.7 Å². The van der Waals surface area contributed by atoms with Crippen molar-refractivity contribution in [1.29, 1.82) is 0 Å².